The van der Waals surface area contributed by atoms with Gasteiger partial charge in [-0.05, 0) is 30.5 Å². The van der Waals surface area contributed by atoms with E-state index in [-0.39, 0.29) is 11.6 Å². The van der Waals surface area contributed by atoms with E-state index in [1.807, 2.05) is 0 Å². The van der Waals surface area contributed by atoms with Gasteiger partial charge in [0.25, 0.3) is 0 Å². The molecule has 0 aromatic heterocycles. The van der Waals surface area contributed by atoms with Crippen molar-refractivity contribution >= 4 is 0 Å². The second-order valence-electron chi connectivity index (χ2n) is 4.94. The first-order chi connectivity index (χ1) is 9.24. The Balaban J connectivity index is 1.84. The maximum atomic E-state index is 14.0. The van der Waals surface area contributed by atoms with E-state index < -0.39 is 0 Å². The molecule has 98 valence electrons. The maximum absolute atomic E-state index is 14.0. The van der Waals surface area contributed by atoms with Crippen molar-refractivity contribution in [3.63, 3.8) is 0 Å². The van der Waals surface area contributed by atoms with Crippen LogP contribution in [0.5, 0.6) is 0 Å². The van der Waals surface area contributed by atoms with Crippen molar-refractivity contribution in [3.05, 3.63) is 59.7 Å². The standard InChI is InChI=1S/C16H15F2N/c17-15-4-2-1-3-14(15)11-5-6-12(16(18)9-11)10-19-13-7-8-13/h1-6,9,13,19H,7-8,10H2. The van der Waals surface area contributed by atoms with Gasteiger partial charge in [0.2, 0.25) is 0 Å². The van der Waals surface area contributed by atoms with Gasteiger partial charge in [-0.1, -0.05) is 30.3 Å². The highest BCUT2D eigenvalue weighted by atomic mass is 19.1. The summed E-state index contributed by atoms with van der Waals surface area (Å²) in [6, 6.07) is 11.9. The molecule has 1 saturated carbocycles. The highest BCUT2D eigenvalue weighted by molar-refractivity contribution is 5.64. The molecule has 0 radical (unpaired) electrons. The van der Waals surface area contributed by atoms with Gasteiger partial charge in [0.05, 0.1) is 0 Å². The van der Waals surface area contributed by atoms with Crippen LogP contribution in [0.15, 0.2) is 42.5 Å². The zero-order chi connectivity index (χ0) is 13.2. The summed E-state index contributed by atoms with van der Waals surface area (Å²) in [6.45, 7) is 0.536. The quantitative estimate of drug-likeness (QED) is 0.878. The lowest BCUT2D eigenvalue weighted by molar-refractivity contribution is 0.587. The molecular weight excluding hydrogens is 244 g/mol. The van der Waals surface area contributed by atoms with Crippen molar-refractivity contribution < 1.29 is 8.78 Å². The number of rotatable bonds is 4. The summed E-state index contributed by atoms with van der Waals surface area (Å²) in [7, 11) is 0. The Bertz CT molecular complexity index is 591. The molecule has 3 heteroatoms. The maximum Gasteiger partial charge on any atom is 0.131 e. The number of hydrogen-bond donors (Lipinski definition) is 1. The summed E-state index contributed by atoms with van der Waals surface area (Å²) in [4.78, 5) is 0. The average molecular weight is 259 g/mol. The second kappa shape index (κ2) is 5.10. The molecule has 0 amide bonds. The fourth-order valence-corrected chi connectivity index (χ4v) is 2.10. The van der Waals surface area contributed by atoms with Crippen LogP contribution in [0.4, 0.5) is 8.78 Å². The van der Waals surface area contributed by atoms with Crippen LogP contribution in [0.2, 0.25) is 0 Å². The van der Waals surface area contributed by atoms with Crippen LogP contribution in [0.25, 0.3) is 11.1 Å². The van der Waals surface area contributed by atoms with Crippen molar-refractivity contribution in [2.24, 2.45) is 0 Å². The highest BCUT2D eigenvalue weighted by Crippen LogP contribution is 2.25. The zero-order valence-electron chi connectivity index (χ0n) is 10.5. The van der Waals surface area contributed by atoms with Crippen molar-refractivity contribution in [3.8, 4) is 11.1 Å². The molecule has 0 bridgehead atoms. The van der Waals surface area contributed by atoms with E-state index in [2.05, 4.69) is 5.32 Å². The van der Waals surface area contributed by atoms with Crippen LogP contribution < -0.4 is 5.32 Å². The summed E-state index contributed by atoms with van der Waals surface area (Å²) in [6.07, 6.45) is 2.35. The van der Waals surface area contributed by atoms with Crippen LogP contribution in [0.3, 0.4) is 0 Å². The minimum atomic E-state index is -0.328. The van der Waals surface area contributed by atoms with Gasteiger partial charge in [-0.15, -0.1) is 0 Å². The van der Waals surface area contributed by atoms with Gasteiger partial charge in [-0.3, -0.25) is 0 Å². The molecule has 1 N–H and O–H groups in total. The van der Waals surface area contributed by atoms with Crippen molar-refractivity contribution in [1.29, 1.82) is 0 Å². The van der Waals surface area contributed by atoms with Crippen LogP contribution in [0.1, 0.15) is 18.4 Å². The van der Waals surface area contributed by atoms with Gasteiger partial charge < -0.3 is 5.32 Å². The first-order valence-corrected chi connectivity index (χ1v) is 6.51. The van der Waals surface area contributed by atoms with Gasteiger partial charge in [0.1, 0.15) is 11.6 Å². The second-order valence-corrected chi connectivity index (χ2v) is 4.94. The molecule has 0 spiro atoms. The van der Waals surface area contributed by atoms with Gasteiger partial charge in [-0.25, -0.2) is 8.78 Å². The molecule has 19 heavy (non-hydrogen) atoms. The van der Waals surface area contributed by atoms with Crippen LogP contribution in [-0.2, 0) is 6.54 Å². The monoisotopic (exact) mass is 259 g/mol. The molecule has 2 aromatic rings. The molecular formula is C16H15F2N. The van der Waals surface area contributed by atoms with Gasteiger partial charge in [0.15, 0.2) is 0 Å². The van der Waals surface area contributed by atoms with Gasteiger partial charge >= 0.3 is 0 Å². The minimum absolute atomic E-state index is 0.283. The molecule has 1 fully saturated rings. The molecule has 3 rings (SSSR count). The van der Waals surface area contributed by atoms with E-state index in [4.69, 9.17) is 0 Å². The van der Waals surface area contributed by atoms with Gasteiger partial charge in [-0.2, -0.15) is 0 Å². The smallest absolute Gasteiger partial charge is 0.131 e. The summed E-state index contributed by atoms with van der Waals surface area (Å²) < 4.78 is 27.6. The van der Waals surface area contributed by atoms with E-state index in [0.29, 0.717) is 29.3 Å². The Morgan fingerprint density at radius 3 is 2.47 bits per heavy atom. The Hall–Kier alpha value is -1.74. The molecule has 1 aliphatic rings. The predicted molar refractivity (Wildman–Crippen MR) is 71.7 cm³/mol. The largest absolute Gasteiger partial charge is 0.310 e. The van der Waals surface area contributed by atoms with E-state index in [0.717, 1.165) is 0 Å². The molecule has 0 heterocycles. The summed E-state index contributed by atoms with van der Waals surface area (Å²) in [5.41, 5.74) is 1.64. The molecule has 0 unspecified atom stereocenters. The molecule has 0 aliphatic heterocycles. The van der Waals surface area contributed by atoms with Crippen LogP contribution >= 0.6 is 0 Å². The molecule has 2 aromatic carbocycles. The first kappa shape index (κ1) is 12.3. The van der Waals surface area contributed by atoms with Crippen LogP contribution in [0, 0.1) is 11.6 Å². The summed E-state index contributed by atoms with van der Waals surface area (Å²) in [5.74, 6) is -0.611. The molecule has 0 saturated heterocycles. The average Bonchev–Trinajstić information content (AvgIpc) is 3.22. The number of hydrogen-bond acceptors (Lipinski definition) is 1. The third-order valence-electron chi connectivity index (χ3n) is 3.40. The van der Waals surface area contributed by atoms with Crippen molar-refractivity contribution in [2.75, 3.05) is 0 Å². The Kier molecular flexibility index (Phi) is 3.30. The molecule has 0 atom stereocenters. The number of benzene rings is 2. The number of halogens is 2. The Morgan fingerprint density at radius 1 is 1.00 bits per heavy atom. The van der Waals surface area contributed by atoms with E-state index in [1.165, 1.54) is 25.0 Å². The lowest BCUT2D eigenvalue weighted by Gasteiger charge is -2.08. The summed E-state index contributed by atoms with van der Waals surface area (Å²) in [5, 5.41) is 3.27. The Labute approximate surface area is 111 Å². The van der Waals surface area contributed by atoms with Crippen molar-refractivity contribution in [1.82, 2.24) is 5.32 Å². The van der Waals surface area contributed by atoms with E-state index in [1.54, 1.807) is 30.3 Å². The fraction of sp³-hybridized carbons (Fsp3) is 0.250. The fourth-order valence-electron chi connectivity index (χ4n) is 2.10. The van der Waals surface area contributed by atoms with Crippen molar-refractivity contribution in [2.45, 2.75) is 25.4 Å². The molecule has 1 nitrogen and oxygen atoms in total. The minimum Gasteiger partial charge on any atom is -0.310 e. The van der Waals surface area contributed by atoms with Gasteiger partial charge in [0, 0.05) is 23.7 Å². The Morgan fingerprint density at radius 2 is 1.79 bits per heavy atom. The lowest BCUT2D eigenvalue weighted by Crippen LogP contribution is -2.16. The molecule has 1 aliphatic carbocycles. The topological polar surface area (TPSA) is 12.0 Å². The van der Waals surface area contributed by atoms with E-state index >= 15 is 0 Å². The van der Waals surface area contributed by atoms with E-state index in [9.17, 15) is 8.78 Å². The zero-order valence-corrected chi connectivity index (χ0v) is 10.5. The summed E-state index contributed by atoms with van der Waals surface area (Å²) >= 11 is 0. The third-order valence-corrected chi connectivity index (χ3v) is 3.40. The third kappa shape index (κ3) is 2.82. The van der Waals surface area contributed by atoms with Crippen LogP contribution in [-0.4, -0.2) is 6.04 Å². The predicted octanol–water partition coefficient (Wildman–Crippen LogP) is 3.88. The normalized spacial score (nSPS) is 14.6. The first-order valence-electron chi connectivity index (χ1n) is 6.51. The SMILES string of the molecule is Fc1cc(-c2ccccc2F)ccc1CNC1CC1. The lowest BCUT2D eigenvalue weighted by atomic mass is 10.0. The number of nitrogens with one attached hydrogen (secondary N) is 1. The highest BCUT2D eigenvalue weighted by Gasteiger charge is 2.20.